The summed E-state index contributed by atoms with van der Waals surface area (Å²) in [6, 6.07) is 31.5. The molecule has 1 aliphatic rings. The molecule has 0 saturated carbocycles. The van der Waals surface area contributed by atoms with Gasteiger partial charge in [0.05, 0.1) is 34.2 Å². The number of terminal acetylenes is 2. The van der Waals surface area contributed by atoms with Crippen molar-refractivity contribution in [3.8, 4) is 47.6 Å². The van der Waals surface area contributed by atoms with Crippen LogP contribution in [0, 0.1) is 47.6 Å². The fourth-order valence-electron chi connectivity index (χ4n) is 4.61. The molecule has 0 bridgehead atoms. The van der Waals surface area contributed by atoms with Gasteiger partial charge in [0.25, 0.3) is 0 Å². The van der Waals surface area contributed by atoms with Crippen LogP contribution in [-0.2, 0) is 0 Å². The van der Waals surface area contributed by atoms with E-state index in [-0.39, 0.29) is 0 Å². The van der Waals surface area contributed by atoms with Crippen LogP contribution < -0.4 is 10.6 Å². The van der Waals surface area contributed by atoms with Gasteiger partial charge in [0.2, 0.25) is 0 Å². The van der Waals surface area contributed by atoms with Gasteiger partial charge in [0, 0.05) is 33.6 Å². The van der Waals surface area contributed by atoms with Gasteiger partial charge < -0.3 is 10.6 Å². The van der Waals surface area contributed by atoms with Crippen LogP contribution in [0.15, 0.2) is 131 Å². The summed E-state index contributed by atoms with van der Waals surface area (Å²) in [4.78, 5) is 10.2. The van der Waals surface area contributed by atoms with Crippen molar-refractivity contribution in [3.63, 3.8) is 0 Å². The van der Waals surface area contributed by atoms with E-state index in [1.807, 2.05) is 109 Å². The molecule has 6 heteroatoms. The average Bonchev–Trinajstić information content (AvgIpc) is 3.09. The quantitative estimate of drug-likeness (QED) is 0.121. The monoisotopic (exact) mass is 680 g/mol. The van der Waals surface area contributed by atoms with Crippen molar-refractivity contribution in [1.29, 1.82) is 0 Å². The fraction of sp³-hybridized carbons (Fsp3) is 0.136. The molecule has 0 fully saturated rings. The van der Waals surface area contributed by atoms with Crippen molar-refractivity contribution in [2.45, 2.75) is 39.3 Å². The van der Waals surface area contributed by atoms with Gasteiger partial charge in [-0.15, -0.1) is 23.9 Å². The number of hydrogen-bond donors (Lipinski definition) is 2. The maximum Gasteiger partial charge on any atom is 0.129 e. The number of rotatable bonds is 6. The molecule has 4 aromatic rings. The molecule has 4 nitrogen and oxygen atoms in total. The van der Waals surface area contributed by atoms with Crippen LogP contribution in [0.1, 0.15) is 22.3 Å². The van der Waals surface area contributed by atoms with Gasteiger partial charge in [-0.25, -0.2) is 9.98 Å². The molecule has 0 saturated heterocycles. The van der Waals surface area contributed by atoms with Gasteiger partial charge in [-0.2, -0.15) is 0 Å². The summed E-state index contributed by atoms with van der Waals surface area (Å²) in [6.45, 7) is 13.4. The second kappa shape index (κ2) is 15.5. The second-order valence-electron chi connectivity index (χ2n) is 13.9. The maximum absolute atomic E-state index is 5.62. The SMILES string of the molecule is C#Cc1ccc(NC2=CC(=Nc3ccc(C#C[Si](C)(C)C)cc3)C(Nc3ccc(C#C)cc3)=CC2=Nc2ccc(C#C[Si](C)(C)C)cc2)cc1. The van der Waals surface area contributed by atoms with Crippen LogP contribution in [0.2, 0.25) is 39.3 Å². The Balaban J connectivity index is 1.59. The van der Waals surface area contributed by atoms with E-state index in [4.69, 9.17) is 22.8 Å². The molecule has 0 atom stereocenters. The fourth-order valence-corrected chi connectivity index (χ4v) is 5.65. The summed E-state index contributed by atoms with van der Waals surface area (Å²) in [7, 11) is -2.98. The summed E-state index contributed by atoms with van der Waals surface area (Å²) in [5.74, 6) is 12.0. The molecule has 0 aromatic heterocycles. The Hall–Kier alpha value is -6.03. The largest absolute Gasteiger partial charge is 0.354 e. The zero-order valence-corrected chi connectivity index (χ0v) is 31.4. The predicted molar refractivity (Wildman–Crippen MR) is 220 cm³/mol. The molecule has 0 amide bonds. The smallest absolute Gasteiger partial charge is 0.129 e. The summed E-state index contributed by atoms with van der Waals surface area (Å²) in [6.07, 6.45) is 15.3. The van der Waals surface area contributed by atoms with Gasteiger partial charge in [-0.1, -0.05) is 63.0 Å². The van der Waals surface area contributed by atoms with E-state index in [1.165, 1.54) is 0 Å². The van der Waals surface area contributed by atoms with E-state index < -0.39 is 16.1 Å². The minimum atomic E-state index is -1.49. The molecule has 0 radical (unpaired) electrons. The molecule has 0 heterocycles. The van der Waals surface area contributed by atoms with Crippen LogP contribution in [-0.4, -0.2) is 27.6 Å². The third-order valence-electron chi connectivity index (χ3n) is 7.17. The van der Waals surface area contributed by atoms with E-state index in [1.54, 1.807) is 0 Å². The van der Waals surface area contributed by atoms with Gasteiger partial charge in [0.15, 0.2) is 0 Å². The lowest BCUT2D eigenvalue weighted by Gasteiger charge is -2.21. The predicted octanol–water partition coefficient (Wildman–Crippen LogP) is 9.96. The third-order valence-corrected chi connectivity index (χ3v) is 8.92. The lowest BCUT2D eigenvalue weighted by molar-refractivity contribution is 1.40. The van der Waals surface area contributed by atoms with Gasteiger partial charge in [-0.3, -0.25) is 0 Å². The van der Waals surface area contributed by atoms with Crippen LogP contribution in [0.5, 0.6) is 0 Å². The minimum absolute atomic E-state index is 0.727. The summed E-state index contributed by atoms with van der Waals surface area (Å²) in [5, 5.41) is 7.12. The molecule has 5 rings (SSSR count). The summed E-state index contributed by atoms with van der Waals surface area (Å²) in [5.41, 5.74) is 16.8. The van der Waals surface area contributed by atoms with Gasteiger partial charge in [0.1, 0.15) is 16.1 Å². The molecule has 4 aromatic carbocycles. The average molecular weight is 681 g/mol. The minimum Gasteiger partial charge on any atom is -0.354 e. The Morgan fingerprint density at radius 2 is 0.780 bits per heavy atom. The van der Waals surface area contributed by atoms with E-state index in [2.05, 4.69) is 84.7 Å². The first-order valence-corrected chi connectivity index (χ1v) is 23.4. The normalized spacial score (nSPS) is 14.2. The molecule has 0 aliphatic heterocycles. The van der Waals surface area contributed by atoms with Crippen molar-refractivity contribution < 1.29 is 0 Å². The van der Waals surface area contributed by atoms with E-state index in [9.17, 15) is 0 Å². The van der Waals surface area contributed by atoms with Crippen LogP contribution in [0.25, 0.3) is 0 Å². The van der Waals surface area contributed by atoms with Crippen molar-refractivity contribution >= 4 is 50.3 Å². The third kappa shape index (κ3) is 10.5. The number of aliphatic imine (C=N–C) groups is 2. The maximum atomic E-state index is 5.62. The van der Waals surface area contributed by atoms with Crippen LogP contribution in [0.3, 0.4) is 0 Å². The number of nitrogens with one attached hydrogen (secondary N) is 2. The number of nitrogens with zero attached hydrogens (tertiary/aromatic N) is 2. The molecular weight excluding hydrogens is 641 g/mol. The highest BCUT2D eigenvalue weighted by atomic mass is 28.3. The van der Waals surface area contributed by atoms with Gasteiger partial charge in [-0.05, 0) is 109 Å². The lowest BCUT2D eigenvalue weighted by atomic mass is 10.0. The lowest BCUT2D eigenvalue weighted by Crippen LogP contribution is -2.22. The second-order valence-corrected chi connectivity index (χ2v) is 23.4. The first kappa shape index (κ1) is 35.3. The number of anilines is 2. The highest BCUT2D eigenvalue weighted by Gasteiger charge is 2.19. The Labute approximate surface area is 299 Å². The van der Waals surface area contributed by atoms with Gasteiger partial charge >= 0.3 is 0 Å². The van der Waals surface area contributed by atoms with E-state index >= 15 is 0 Å². The first-order chi connectivity index (χ1) is 23.9. The first-order valence-electron chi connectivity index (χ1n) is 16.4. The summed E-state index contributed by atoms with van der Waals surface area (Å²) >= 11 is 0. The Kier molecular flexibility index (Phi) is 10.9. The van der Waals surface area contributed by atoms with Crippen molar-refractivity contribution in [2.24, 2.45) is 9.98 Å². The zero-order valence-electron chi connectivity index (χ0n) is 29.4. The number of hydrogen-bond acceptors (Lipinski definition) is 4. The standard InChI is InChI=1S/C44H40N4Si2/c1-9-33-11-19-37(20-12-33)45-41-31-44(48-40-25-17-36(18-26-40)28-30-50(6,7)8)42(46-38-21-13-34(10-2)14-22-38)32-43(41)47-39-23-15-35(16-24-39)27-29-49(3,4)5/h1-2,11-26,31-32,45-46H,3-8H3. The van der Waals surface area contributed by atoms with Crippen LogP contribution >= 0.6 is 0 Å². The highest BCUT2D eigenvalue weighted by molar-refractivity contribution is 6.84. The summed E-state index contributed by atoms with van der Waals surface area (Å²) < 4.78 is 0. The molecule has 0 unspecified atom stereocenters. The molecular formula is C44H40N4Si2. The molecule has 0 spiro atoms. The number of allylic oxidation sites excluding steroid dienone is 2. The molecule has 244 valence electrons. The van der Waals surface area contributed by atoms with Crippen molar-refractivity contribution in [1.82, 2.24) is 0 Å². The Morgan fingerprint density at radius 1 is 0.460 bits per heavy atom. The number of benzene rings is 4. The van der Waals surface area contributed by atoms with Crippen molar-refractivity contribution in [2.75, 3.05) is 10.6 Å². The topological polar surface area (TPSA) is 48.8 Å². The Bertz CT molecular complexity index is 2040. The van der Waals surface area contributed by atoms with E-state index in [0.717, 1.165) is 67.8 Å². The zero-order chi connectivity index (χ0) is 35.7. The Morgan fingerprint density at radius 3 is 1.08 bits per heavy atom. The molecule has 50 heavy (non-hydrogen) atoms. The molecule has 1 aliphatic carbocycles. The highest BCUT2D eigenvalue weighted by Crippen LogP contribution is 2.26. The van der Waals surface area contributed by atoms with E-state index in [0.29, 0.717) is 0 Å². The molecule has 2 N–H and O–H groups in total. The van der Waals surface area contributed by atoms with Crippen LogP contribution in [0.4, 0.5) is 22.7 Å². The van der Waals surface area contributed by atoms with Crippen molar-refractivity contribution in [3.05, 3.63) is 143 Å².